The molecule has 1 rings (SSSR count). The van der Waals surface area contributed by atoms with Gasteiger partial charge >= 0.3 is 0 Å². The van der Waals surface area contributed by atoms with Gasteiger partial charge in [0.1, 0.15) is 0 Å². The standard InChI is InChI=1S/C9H15NO2/c1-2-8(7-9(11)12)10-5-3-4-6-10/h7H,2-6H2,1H3,(H,11,12)/p-1. The molecule has 0 aromatic carbocycles. The predicted molar refractivity (Wildman–Crippen MR) is 44.2 cm³/mol. The Morgan fingerprint density at radius 1 is 1.50 bits per heavy atom. The van der Waals surface area contributed by atoms with Crippen LogP contribution in [0.3, 0.4) is 0 Å². The molecular weight excluding hydrogens is 154 g/mol. The first-order chi connectivity index (χ1) is 5.74. The first-order valence-electron chi connectivity index (χ1n) is 4.40. The number of hydrogen-bond acceptors (Lipinski definition) is 3. The van der Waals surface area contributed by atoms with E-state index in [1.807, 2.05) is 6.92 Å². The minimum absolute atomic E-state index is 0.772. The number of nitrogens with zero attached hydrogens (tertiary/aromatic N) is 1. The second kappa shape index (κ2) is 4.14. The first kappa shape index (κ1) is 9.10. The maximum atomic E-state index is 10.3. The maximum Gasteiger partial charge on any atom is 0.0660 e. The molecule has 0 saturated carbocycles. The highest BCUT2D eigenvalue weighted by molar-refractivity contribution is 5.78. The van der Waals surface area contributed by atoms with Gasteiger partial charge in [-0.2, -0.15) is 0 Å². The van der Waals surface area contributed by atoms with Gasteiger partial charge in [-0.25, -0.2) is 0 Å². The number of aliphatic carboxylic acids is 1. The molecule has 68 valence electrons. The van der Waals surface area contributed by atoms with Crippen LogP contribution in [0.4, 0.5) is 0 Å². The molecule has 0 aromatic rings. The molecule has 1 aliphatic rings. The summed E-state index contributed by atoms with van der Waals surface area (Å²) in [5.41, 5.74) is 0.896. The molecule has 1 fully saturated rings. The number of carbonyl (C=O) groups excluding carboxylic acids is 1. The summed E-state index contributed by atoms with van der Waals surface area (Å²) in [6.45, 7) is 3.95. The number of likely N-dealkylation sites (tertiary alicyclic amines) is 1. The van der Waals surface area contributed by atoms with Crippen molar-refractivity contribution < 1.29 is 9.90 Å². The van der Waals surface area contributed by atoms with Gasteiger partial charge in [0.2, 0.25) is 0 Å². The van der Waals surface area contributed by atoms with Crippen LogP contribution in [0.25, 0.3) is 0 Å². The smallest absolute Gasteiger partial charge is 0.0660 e. The van der Waals surface area contributed by atoms with E-state index in [1.54, 1.807) is 0 Å². The Bertz CT molecular complexity index is 193. The maximum absolute atomic E-state index is 10.3. The fourth-order valence-electron chi connectivity index (χ4n) is 1.56. The van der Waals surface area contributed by atoms with Crippen molar-refractivity contribution in [2.24, 2.45) is 0 Å². The van der Waals surface area contributed by atoms with Crippen molar-refractivity contribution in [3.8, 4) is 0 Å². The largest absolute Gasteiger partial charge is 0.545 e. The fourth-order valence-corrected chi connectivity index (χ4v) is 1.56. The third-order valence-corrected chi connectivity index (χ3v) is 2.16. The summed E-state index contributed by atoms with van der Waals surface area (Å²) in [6.07, 6.45) is 4.33. The lowest BCUT2D eigenvalue weighted by Crippen LogP contribution is -2.24. The van der Waals surface area contributed by atoms with E-state index in [4.69, 9.17) is 0 Å². The van der Waals surface area contributed by atoms with Gasteiger partial charge in [-0.05, 0) is 25.3 Å². The molecule has 12 heavy (non-hydrogen) atoms. The Labute approximate surface area is 72.7 Å². The molecular formula is C9H14NO2-. The summed E-state index contributed by atoms with van der Waals surface area (Å²) >= 11 is 0. The molecule has 3 heteroatoms. The zero-order chi connectivity index (χ0) is 8.97. The minimum atomic E-state index is -1.08. The van der Waals surface area contributed by atoms with Crippen LogP contribution >= 0.6 is 0 Å². The van der Waals surface area contributed by atoms with E-state index in [-0.39, 0.29) is 0 Å². The normalized spacial score (nSPS) is 18.4. The Balaban J connectivity index is 2.60. The van der Waals surface area contributed by atoms with Crippen LogP contribution in [-0.4, -0.2) is 24.0 Å². The molecule has 0 amide bonds. The van der Waals surface area contributed by atoms with Gasteiger partial charge in [0.15, 0.2) is 0 Å². The highest BCUT2D eigenvalue weighted by Crippen LogP contribution is 2.16. The van der Waals surface area contributed by atoms with E-state index in [0.29, 0.717) is 0 Å². The van der Waals surface area contributed by atoms with Crippen molar-refractivity contribution >= 4 is 5.97 Å². The first-order valence-corrected chi connectivity index (χ1v) is 4.40. The Kier molecular flexibility index (Phi) is 3.14. The summed E-state index contributed by atoms with van der Waals surface area (Å²) in [5, 5.41) is 10.3. The van der Waals surface area contributed by atoms with Gasteiger partial charge in [0.05, 0.1) is 5.97 Å². The average molecular weight is 168 g/mol. The lowest BCUT2D eigenvalue weighted by molar-refractivity contribution is -0.297. The van der Waals surface area contributed by atoms with Gasteiger partial charge in [-0.1, -0.05) is 6.92 Å². The van der Waals surface area contributed by atoms with E-state index in [2.05, 4.69) is 4.90 Å². The van der Waals surface area contributed by atoms with Crippen molar-refractivity contribution in [3.05, 3.63) is 11.8 Å². The summed E-state index contributed by atoms with van der Waals surface area (Å²) in [4.78, 5) is 12.4. The van der Waals surface area contributed by atoms with Crippen LogP contribution < -0.4 is 5.11 Å². The van der Waals surface area contributed by atoms with Gasteiger partial charge in [0.25, 0.3) is 0 Å². The third kappa shape index (κ3) is 2.26. The fraction of sp³-hybridized carbons (Fsp3) is 0.667. The van der Waals surface area contributed by atoms with Crippen LogP contribution in [0.15, 0.2) is 11.8 Å². The van der Waals surface area contributed by atoms with Crippen molar-refractivity contribution in [2.75, 3.05) is 13.1 Å². The number of carboxylic acid groups (broad SMARTS) is 1. The van der Waals surface area contributed by atoms with E-state index in [0.717, 1.165) is 25.2 Å². The zero-order valence-corrected chi connectivity index (χ0v) is 7.38. The third-order valence-electron chi connectivity index (χ3n) is 2.16. The number of rotatable bonds is 3. The van der Waals surface area contributed by atoms with E-state index >= 15 is 0 Å². The lowest BCUT2D eigenvalue weighted by Gasteiger charge is -2.20. The molecule has 3 nitrogen and oxygen atoms in total. The highest BCUT2D eigenvalue weighted by atomic mass is 16.4. The molecule has 0 N–H and O–H groups in total. The monoisotopic (exact) mass is 168 g/mol. The molecule has 0 bridgehead atoms. The van der Waals surface area contributed by atoms with Crippen LogP contribution in [0.2, 0.25) is 0 Å². The summed E-state index contributed by atoms with van der Waals surface area (Å²) < 4.78 is 0. The highest BCUT2D eigenvalue weighted by Gasteiger charge is 2.12. The van der Waals surface area contributed by atoms with Gasteiger partial charge in [-0.15, -0.1) is 0 Å². The topological polar surface area (TPSA) is 43.4 Å². The molecule has 1 heterocycles. The van der Waals surface area contributed by atoms with Gasteiger partial charge in [-0.3, -0.25) is 0 Å². The van der Waals surface area contributed by atoms with E-state index in [1.165, 1.54) is 18.9 Å². The van der Waals surface area contributed by atoms with Gasteiger partial charge < -0.3 is 14.8 Å². The number of hydrogen-bond donors (Lipinski definition) is 0. The molecule has 0 aromatic heterocycles. The molecule has 0 aliphatic carbocycles. The second-order valence-electron chi connectivity index (χ2n) is 3.00. The van der Waals surface area contributed by atoms with Crippen LogP contribution in [0.5, 0.6) is 0 Å². The quantitative estimate of drug-likeness (QED) is 0.562. The van der Waals surface area contributed by atoms with E-state index in [9.17, 15) is 9.90 Å². The Hall–Kier alpha value is -0.990. The Morgan fingerprint density at radius 3 is 2.50 bits per heavy atom. The Morgan fingerprint density at radius 2 is 2.08 bits per heavy atom. The van der Waals surface area contributed by atoms with Crippen molar-refractivity contribution in [3.63, 3.8) is 0 Å². The van der Waals surface area contributed by atoms with Crippen molar-refractivity contribution in [2.45, 2.75) is 26.2 Å². The second-order valence-corrected chi connectivity index (χ2v) is 3.00. The van der Waals surface area contributed by atoms with Gasteiger partial charge in [0, 0.05) is 18.8 Å². The SMILES string of the molecule is CCC(=CC(=O)[O-])N1CCCC1. The molecule has 0 spiro atoms. The molecule has 1 saturated heterocycles. The molecule has 0 atom stereocenters. The summed E-state index contributed by atoms with van der Waals surface area (Å²) in [7, 11) is 0. The summed E-state index contributed by atoms with van der Waals surface area (Å²) in [6, 6.07) is 0. The molecule has 0 radical (unpaired) electrons. The van der Waals surface area contributed by atoms with E-state index < -0.39 is 5.97 Å². The number of carbonyl (C=O) groups is 1. The number of allylic oxidation sites excluding steroid dienone is 1. The molecule has 1 aliphatic heterocycles. The van der Waals surface area contributed by atoms with Crippen LogP contribution in [-0.2, 0) is 4.79 Å². The summed E-state index contributed by atoms with van der Waals surface area (Å²) in [5.74, 6) is -1.08. The lowest BCUT2D eigenvalue weighted by atomic mass is 10.3. The van der Waals surface area contributed by atoms with Crippen molar-refractivity contribution in [1.82, 2.24) is 4.90 Å². The zero-order valence-electron chi connectivity index (χ0n) is 7.38. The van der Waals surface area contributed by atoms with Crippen molar-refractivity contribution in [1.29, 1.82) is 0 Å². The minimum Gasteiger partial charge on any atom is -0.545 e. The average Bonchev–Trinajstić information content (AvgIpc) is 2.51. The number of carboxylic acids is 1. The van der Waals surface area contributed by atoms with Crippen LogP contribution in [0.1, 0.15) is 26.2 Å². The molecule has 0 unspecified atom stereocenters. The predicted octanol–water partition coefficient (Wildman–Crippen LogP) is 0.126. The van der Waals surface area contributed by atoms with Crippen LogP contribution in [0, 0.1) is 0 Å².